The summed E-state index contributed by atoms with van der Waals surface area (Å²) in [5, 5.41) is 12.9. The fourth-order valence-electron chi connectivity index (χ4n) is 3.18. The van der Waals surface area contributed by atoms with Crippen LogP contribution in [0.4, 0.5) is 0 Å². The van der Waals surface area contributed by atoms with Gasteiger partial charge in [-0.2, -0.15) is 0 Å². The molecule has 0 unspecified atom stereocenters. The molecule has 0 aliphatic carbocycles. The molecule has 3 rings (SSSR count). The molecule has 1 heterocycles. The first kappa shape index (κ1) is 17.3. The van der Waals surface area contributed by atoms with Gasteiger partial charge in [-0.1, -0.05) is 30.3 Å². The van der Waals surface area contributed by atoms with Crippen LogP contribution in [0.1, 0.15) is 28.8 Å². The van der Waals surface area contributed by atoms with Gasteiger partial charge in [-0.15, -0.1) is 0 Å². The molecule has 132 valence electrons. The third kappa shape index (κ3) is 4.51. The molecule has 2 aromatic carbocycles. The maximum Gasteiger partial charge on any atom is 0.251 e. The van der Waals surface area contributed by atoms with Gasteiger partial charge in [-0.05, 0) is 36.6 Å². The van der Waals surface area contributed by atoms with Crippen LogP contribution >= 0.6 is 0 Å². The number of aromatic hydroxyl groups is 1. The van der Waals surface area contributed by atoms with Crippen molar-refractivity contribution in [3.63, 3.8) is 0 Å². The van der Waals surface area contributed by atoms with Gasteiger partial charge in [0.1, 0.15) is 0 Å². The van der Waals surface area contributed by atoms with Gasteiger partial charge >= 0.3 is 0 Å². The smallest absolute Gasteiger partial charge is 0.251 e. The number of methoxy groups -OCH3 is 1. The number of likely N-dealkylation sites (tertiary alicyclic amines) is 1. The van der Waals surface area contributed by atoms with Crippen LogP contribution < -0.4 is 10.1 Å². The first-order valence-corrected chi connectivity index (χ1v) is 8.60. The summed E-state index contributed by atoms with van der Waals surface area (Å²) in [4.78, 5) is 14.8. The molecule has 0 bridgehead atoms. The van der Waals surface area contributed by atoms with E-state index >= 15 is 0 Å². The molecule has 0 spiro atoms. The largest absolute Gasteiger partial charge is 0.504 e. The second-order valence-corrected chi connectivity index (χ2v) is 6.40. The molecule has 0 atom stereocenters. The molecule has 1 aliphatic heterocycles. The summed E-state index contributed by atoms with van der Waals surface area (Å²) < 4.78 is 5.00. The minimum Gasteiger partial charge on any atom is -0.504 e. The third-order valence-corrected chi connectivity index (χ3v) is 4.61. The number of nitrogens with one attached hydrogen (secondary N) is 1. The molecule has 2 aromatic rings. The van der Waals surface area contributed by atoms with E-state index in [9.17, 15) is 9.90 Å². The van der Waals surface area contributed by atoms with E-state index < -0.39 is 0 Å². The molecule has 25 heavy (non-hydrogen) atoms. The van der Waals surface area contributed by atoms with Crippen LogP contribution in [0.25, 0.3) is 0 Å². The number of benzene rings is 2. The molecule has 5 nitrogen and oxygen atoms in total. The SMILES string of the molecule is COc1ccc(C(=O)NC2CCN(Cc3ccccc3)CC2)cc1O. The van der Waals surface area contributed by atoms with Gasteiger partial charge in [-0.3, -0.25) is 9.69 Å². The molecule has 1 aliphatic rings. The van der Waals surface area contributed by atoms with Crippen molar-refractivity contribution in [2.45, 2.75) is 25.4 Å². The van der Waals surface area contributed by atoms with Gasteiger partial charge in [0, 0.05) is 31.2 Å². The van der Waals surface area contributed by atoms with E-state index in [1.165, 1.54) is 18.7 Å². The second-order valence-electron chi connectivity index (χ2n) is 6.40. The number of rotatable bonds is 5. The molecule has 1 saturated heterocycles. The maximum absolute atomic E-state index is 12.4. The topological polar surface area (TPSA) is 61.8 Å². The Morgan fingerprint density at radius 3 is 2.56 bits per heavy atom. The van der Waals surface area contributed by atoms with Crippen LogP contribution in [0.5, 0.6) is 11.5 Å². The van der Waals surface area contributed by atoms with Gasteiger partial charge in [0.25, 0.3) is 5.91 Å². The highest BCUT2D eigenvalue weighted by Crippen LogP contribution is 2.26. The minimum atomic E-state index is -0.153. The highest BCUT2D eigenvalue weighted by atomic mass is 16.5. The van der Waals surface area contributed by atoms with Crippen LogP contribution in [-0.4, -0.2) is 42.2 Å². The van der Waals surface area contributed by atoms with E-state index in [0.29, 0.717) is 11.3 Å². The minimum absolute atomic E-state index is 0.0205. The number of amides is 1. The number of hydrogen-bond acceptors (Lipinski definition) is 4. The van der Waals surface area contributed by atoms with Crippen molar-refractivity contribution in [1.29, 1.82) is 0 Å². The van der Waals surface area contributed by atoms with E-state index in [4.69, 9.17) is 4.74 Å². The molecule has 0 saturated carbocycles. The monoisotopic (exact) mass is 340 g/mol. The van der Waals surface area contributed by atoms with Crippen molar-refractivity contribution in [3.05, 3.63) is 59.7 Å². The molecular formula is C20H24N2O3. The number of carbonyl (C=O) groups excluding carboxylic acids is 1. The number of nitrogens with zero attached hydrogens (tertiary/aromatic N) is 1. The summed E-state index contributed by atoms with van der Waals surface area (Å²) >= 11 is 0. The standard InChI is InChI=1S/C20H24N2O3/c1-25-19-8-7-16(13-18(19)23)20(24)21-17-9-11-22(12-10-17)14-15-5-3-2-4-6-15/h2-8,13,17,23H,9-12,14H2,1H3,(H,21,24). The van der Waals surface area contributed by atoms with Crippen molar-refractivity contribution < 1.29 is 14.6 Å². The number of hydrogen-bond donors (Lipinski definition) is 2. The first-order valence-electron chi connectivity index (χ1n) is 8.60. The fraction of sp³-hybridized carbons (Fsp3) is 0.350. The predicted molar refractivity (Wildman–Crippen MR) is 96.9 cm³/mol. The summed E-state index contributed by atoms with van der Waals surface area (Å²) in [5.74, 6) is 0.193. The number of phenolic OH excluding ortho intramolecular Hbond substituents is 1. The Balaban J connectivity index is 1.50. The predicted octanol–water partition coefficient (Wildman–Crippen LogP) is 2.80. The Kier molecular flexibility index (Phi) is 5.56. The molecular weight excluding hydrogens is 316 g/mol. The molecule has 0 radical (unpaired) electrons. The molecule has 0 aromatic heterocycles. The zero-order valence-corrected chi connectivity index (χ0v) is 14.4. The normalized spacial score (nSPS) is 15.7. The highest BCUT2D eigenvalue weighted by Gasteiger charge is 2.21. The van der Waals surface area contributed by atoms with Gasteiger partial charge in [0.2, 0.25) is 0 Å². The molecule has 1 fully saturated rings. The molecule has 2 N–H and O–H groups in total. The van der Waals surface area contributed by atoms with Crippen LogP contribution in [-0.2, 0) is 6.54 Å². The number of piperidine rings is 1. The quantitative estimate of drug-likeness (QED) is 0.879. The first-order chi connectivity index (χ1) is 12.2. The lowest BCUT2D eigenvalue weighted by molar-refractivity contribution is 0.0908. The van der Waals surface area contributed by atoms with E-state index in [1.807, 2.05) is 6.07 Å². The van der Waals surface area contributed by atoms with Gasteiger partial charge in [0.05, 0.1) is 7.11 Å². The van der Waals surface area contributed by atoms with E-state index in [1.54, 1.807) is 12.1 Å². The average molecular weight is 340 g/mol. The Labute approximate surface area is 148 Å². The molecule has 5 heteroatoms. The number of ether oxygens (including phenoxy) is 1. The van der Waals surface area contributed by atoms with E-state index in [-0.39, 0.29) is 17.7 Å². The summed E-state index contributed by atoms with van der Waals surface area (Å²) in [6.45, 7) is 2.88. The van der Waals surface area contributed by atoms with Crippen molar-refractivity contribution in [2.24, 2.45) is 0 Å². The Morgan fingerprint density at radius 1 is 1.20 bits per heavy atom. The van der Waals surface area contributed by atoms with Crippen molar-refractivity contribution >= 4 is 5.91 Å². The van der Waals surface area contributed by atoms with E-state index in [0.717, 1.165) is 32.5 Å². The summed E-state index contributed by atoms with van der Waals surface area (Å²) in [6, 6.07) is 15.3. The van der Waals surface area contributed by atoms with Crippen molar-refractivity contribution in [1.82, 2.24) is 10.2 Å². The average Bonchev–Trinajstić information content (AvgIpc) is 2.64. The lowest BCUT2D eigenvalue weighted by atomic mass is 10.0. The van der Waals surface area contributed by atoms with Crippen molar-refractivity contribution in [3.8, 4) is 11.5 Å². The Hall–Kier alpha value is -2.53. The maximum atomic E-state index is 12.4. The Bertz CT molecular complexity index is 710. The summed E-state index contributed by atoms with van der Waals surface area (Å²) in [7, 11) is 1.48. The zero-order valence-electron chi connectivity index (χ0n) is 14.4. The van der Waals surface area contributed by atoms with Crippen LogP contribution in [0.2, 0.25) is 0 Å². The fourth-order valence-corrected chi connectivity index (χ4v) is 3.18. The number of carbonyl (C=O) groups is 1. The summed E-state index contributed by atoms with van der Waals surface area (Å²) in [5.41, 5.74) is 1.77. The van der Waals surface area contributed by atoms with Gasteiger partial charge < -0.3 is 15.2 Å². The second kappa shape index (κ2) is 8.03. The summed E-state index contributed by atoms with van der Waals surface area (Å²) in [6.07, 6.45) is 1.86. The molecule has 1 amide bonds. The highest BCUT2D eigenvalue weighted by molar-refractivity contribution is 5.95. The van der Waals surface area contributed by atoms with Crippen LogP contribution in [0.3, 0.4) is 0 Å². The third-order valence-electron chi connectivity index (χ3n) is 4.61. The zero-order chi connectivity index (χ0) is 17.6. The lowest BCUT2D eigenvalue weighted by Gasteiger charge is -2.32. The van der Waals surface area contributed by atoms with E-state index in [2.05, 4.69) is 34.5 Å². The Morgan fingerprint density at radius 2 is 1.92 bits per heavy atom. The lowest BCUT2D eigenvalue weighted by Crippen LogP contribution is -2.44. The number of phenols is 1. The van der Waals surface area contributed by atoms with Gasteiger partial charge in [0.15, 0.2) is 11.5 Å². The van der Waals surface area contributed by atoms with Crippen molar-refractivity contribution in [2.75, 3.05) is 20.2 Å². The van der Waals surface area contributed by atoms with Crippen LogP contribution in [0.15, 0.2) is 48.5 Å². The van der Waals surface area contributed by atoms with Crippen LogP contribution in [0, 0.1) is 0 Å². The van der Waals surface area contributed by atoms with Gasteiger partial charge in [-0.25, -0.2) is 0 Å².